The number of urea groups is 1. The number of primary amides is 1. The Bertz CT molecular complexity index is 779. The molecule has 2 aromatic carbocycles. The molecule has 0 saturated carbocycles. The molecule has 0 unspecified atom stereocenters. The van der Waals surface area contributed by atoms with Crippen LogP contribution in [-0.2, 0) is 30.9 Å². The van der Waals surface area contributed by atoms with Gasteiger partial charge < -0.3 is 15.4 Å². The number of benzene rings is 2. The highest BCUT2D eigenvalue weighted by molar-refractivity contribution is 5.70. The normalized spacial score (nSPS) is 13.4. The Morgan fingerprint density at radius 3 is 2.81 bits per heavy atom. The van der Waals surface area contributed by atoms with Crippen molar-refractivity contribution in [2.45, 2.75) is 32.5 Å². The van der Waals surface area contributed by atoms with E-state index in [2.05, 4.69) is 41.3 Å². The minimum atomic E-state index is -0.847. The molecule has 0 atom stereocenters. The summed E-state index contributed by atoms with van der Waals surface area (Å²) in [6.07, 6.45) is 2.07. The summed E-state index contributed by atoms with van der Waals surface area (Å²) in [5.41, 5.74) is 10.8. The molecule has 3 N–H and O–H groups in total. The topological polar surface area (TPSA) is 79.0 Å². The molecule has 6 heteroatoms. The van der Waals surface area contributed by atoms with Gasteiger partial charge in [0.15, 0.2) is 0 Å². The molecule has 6 nitrogen and oxygen atoms in total. The summed E-state index contributed by atoms with van der Waals surface area (Å²) in [4.78, 5) is 13.4. The molecule has 0 spiro atoms. The third kappa shape index (κ3) is 4.33. The molecule has 0 radical (unpaired) electrons. The maximum Gasteiger partial charge on any atom is 0.338 e. The van der Waals surface area contributed by atoms with Gasteiger partial charge in [0.2, 0.25) is 0 Å². The fraction of sp³-hybridized carbons (Fsp3) is 0.350. The summed E-state index contributed by atoms with van der Waals surface area (Å²) < 4.78 is 5.22. The van der Waals surface area contributed by atoms with Gasteiger partial charge in [-0.2, -0.15) is 0 Å². The van der Waals surface area contributed by atoms with Crippen molar-refractivity contribution in [3.8, 4) is 0 Å². The number of nitrogens with zero attached hydrogens (tertiary/aromatic N) is 2. The van der Waals surface area contributed by atoms with E-state index in [1.165, 1.54) is 22.4 Å². The Kier molecular flexibility index (Phi) is 5.75. The SMILES string of the molecule is COCc1cccc(CN2CCCc3cc(CN(O)C(N)=O)ccc32)c1. The number of hydrogen-bond donors (Lipinski definition) is 2. The Morgan fingerprint density at radius 2 is 2.04 bits per heavy atom. The van der Waals surface area contributed by atoms with Crippen molar-refractivity contribution in [1.29, 1.82) is 0 Å². The average Bonchev–Trinajstić information content (AvgIpc) is 2.62. The number of carbonyl (C=O) groups is 1. The van der Waals surface area contributed by atoms with Crippen LogP contribution in [-0.4, -0.2) is 30.0 Å². The first-order valence-electron chi connectivity index (χ1n) is 8.76. The third-order valence-electron chi connectivity index (χ3n) is 4.62. The summed E-state index contributed by atoms with van der Waals surface area (Å²) in [5, 5.41) is 10.1. The van der Waals surface area contributed by atoms with Gasteiger partial charge in [-0.05, 0) is 41.2 Å². The highest BCUT2D eigenvalue weighted by atomic mass is 16.5. The van der Waals surface area contributed by atoms with Crippen molar-refractivity contribution in [3.05, 3.63) is 64.7 Å². The Hall–Kier alpha value is -2.57. The summed E-state index contributed by atoms with van der Waals surface area (Å²) in [6, 6.07) is 13.7. The van der Waals surface area contributed by atoms with Gasteiger partial charge in [-0.15, -0.1) is 0 Å². The molecule has 3 rings (SSSR count). The number of nitrogens with two attached hydrogens (primary N) is 1. The molecular weight excluding hydrogens is 330 g/mol. The van der Waals surface area contributed by atoms with Crippen LogP contribution in [0.3, 0.4) is 0 Å². The molecular formula is C20H25N3O3. The molecule has 0 fully saturated rings. The van der Waals surface area contributed by atoms with E-state index in [0.717, 1.165) is 31.5 Å². The zero-order valence-electron chi connectivity index (χ0n) is 15.0. The van der Waals surface area contributed by atoms with E-state index < -0.39 is 6.03 Å². The molecule has 2 amide bonds. The lowest BCUT2D eigenvalue weighted by Gasteiger charge is -2.32. The second kappa shape index (κ2) is 8.21. The number of amides is 2. The molecule has 2 aromatic rings. The minimum Gasteiger partial charge on any atom is -0.380 e. The average molecular weight is 355 g/mol. The Labute approximate surface area is 153 Å². The summed E-state index contributed by atoms with van der Waals surface area (Å²) in [7, 11) is 1.71. The van der Waals surface area contributed by atoms with Crippen molar-refractivity contribution in [2.75, 3.05) is 18.6 Å². The van der Waals surface area contributed by atoms with Crippen molar-refractivity contribution >= 4 is 11.7 Å². The van der Waals surface area contributed by atoms with Crippen molar-refractivity contribution in [1.82, 2.24) is 5.06 Å². The summed E-state index contributed by atoms with van der Waals surface area (Å²) >= 11 is 0. The molecule has 26 heavy (non-hydrogen) atoms. The molecule has 0 aliphatic carbocycles. The molecule has 0 saturated heterocycles. The van der Waals surface area contributed by atoms with Gasteiger partial charge in [-0.3, -0.25) is 5.21 Å². The van der Waals surface area contributed by atoms with Gasteiger partial charge in [0.05, 0.1) is 13.2 Å². The zero-order valence-corrected chi connectivity index (χ0v) is 15.0. The largest absolute Gasteiger partial charge is 0.380 e. The molecule has 0 aromatic heterocycles. The molecule has 0 bridgehead atoms. The predicted octanol–water partition coefficient (Wildman–Crippen LogP) is 3.06. The van der Waals surface area contributed by atoms with E-state index in [-0.39, 0.29) is 6.54 Å². The van der Waals surface area contributed by atoms with Crippen LogP contribution in [0.2, 0.25) is 0 Å². The van der Waals surface area contributed by atoms with E-state index >= 15 is 0 Å². The minimum absolute atomic E-state index is 0.0989. The Morgan fingerprint density at radius 1 is 1.23 bits per heavy atom. The number of aryl methyl sites for hydroxylation is 1. The predicted molar refractivity (Wildman–Crippen MR) is 99.9 cm³/mol. The number of anilines is 1. The molecule has 138 valence electrons. The second-order valence-corrected chi connectivity index (χ2v) is 6.64. The second-order valence-electron chi connectivity index (χ2n) is 6.64. The van der Waals surface area contributed by atoms with Crippen LogP contribution in [0.15, 0.2) is 42.5 Å². The highest BCUT2D eigenvalue weighted by Crippen LogP contribution is 2.30. The lowest BCUT2D eigenvalue weighted by molar-refractivity contribution is -0.0470. The Balaban J connectivity index is 1.76. The first-order chi connectivity index (χ1) is 12.6. The quantitative estimate of drug-likeness (QED) is 0.617. The smallest absolute Gasteiger partial charge is 0.338 e. The number of fused-ring (bicyclic) bond motifs is 1. The lowest BCUT2D eigenvalue weighted by atomic mass is 9.98. The third-order valence-corrected chi connectivity index (χ3v) is 4.62. The highest BCUT2D eigenvalue weighted by Gasteiger charge is 2.18. The fourth-order valence-corrected chi connectivity index (χ4v) is 3.45. The maximum absolute atomic E-state index is 11.0. The number of methoxy groups -OCH3 is 1. The first kappa shape index (κ1) is 18.2. The van der Waals surface area contributed by atoms with E-state index in [4.69, 9.17) is 10.5 Å². The van der Waals surface area contributed by atoms with Gasteiger partial charge in [0.1, 0.15) is 0 Å². The van der Waals surface area contributed by atoms with Crippen LogP contribution in [0.25, 0.3) is 0 Å². The van der Waals surface area contributed by atoms with Crippen molar-refractivity contribution in [2.24, 2.45) is 5.73 Å². The number of hydroxylamine groups is 2. The summed E-state index contributed by atoms with van der Waals surface area (Å²) in [5.74, 6) is 0. The molecule has 1 aliphatic rings. The van der Waals surface area contributed by atoms with Crippen LogP contribution in [0.5, 0.6) is 0 Å². The number of rotatable bonds is 6. The number of carbonyl (C=O) groups excluding carboxylic acids is 1. The van der Waals surface area contributed by atoms with E-state index in [0.29, 0.717) is 11.7 Å². The summed E-state index contributed by atoms with van der Waals surface area (Å²) in [6.45, 7) is 2.57. The van der Waals surface area contributed by atoms with Crippen LogP contribution in [0.1, 0.15) is 28.7 Å². The van der Waals surface area contributed by atoms with E-state index in [1.54, 1.807) is 7.11 Å². The zero-order chi connectivity index (χ0) is 18.5. The van der Waals surface area contributed by atoms with Gasteiger partial charge in [-0.25, -0.2) is 9.86 Å². The van der Waals surface area contributed by atoms with Gasteiger partial charge in [0, 0.05) is 25.9 Å². The first-order valence-corrected chi connectivity index (χ1v) is 8.76. The fourth-order valence-electron chi connectivity index (χ4n) is 3.45. The number of hydrogen-bond acceptors (Lipinski definition) is 4. The van der Waals surface area contributed by atoms with Crippen molar-refractivity contribution < 1.29 is 14.7 Å². The standard InChI is InChI=1S/C20H25N3O3/c1-26-14-17-5-2-4-15(10-17)12-22-9-3-6-18-11-16(7-8-19(18)22)13-23(25)20(21)24/h2,4-5,7-8,10-11,25H,3,6,9,12-14H2,1H3,(H2,21,24). The van der Waals surface area contributed by atoms with E-state index in [9.17, 15) is 10.0 Å². The number of ether oxygens (including phenoxy) is 1. The monoisotopic (exact) mass is 355 g/mol. The molecule has 1 heterocycles. The van der Waals surface area contributed by atoms with Gasteiger partial charge >= 0.3 is 6.03 Å². The van der Waals surface area contributed by atoms with Gasteiger partial charge in [-0.1, -0.05) is 36.4 Å². The van der Waals surface area contributed by atoms with Crippen LogP contribution >= 0.6 is 0 Å². The van der Waals surface area contributed by atoms with Crippen molar-refractivity contribution in [3.63, 3.8) is 0 Å². The lowest BCUT2D eigenvalue weighted by Crippen LogP contribution is -2.32. The maximum atomic E-state index is 11.0. The van der Waals surface area contributed by atoms with Gasteiger partial charge in [0.25, 0.3) is 0 Å². The molecule has 1 aliphatic heterocycles. The van der Waals surface area contributed by atoms with E-state index in [1.807, 2.05) is 6.07 Å². The van der Waals surface area contributed by atoms with Crippen LogP contribution in [0.4, 0.5) is 10.5 Å². The van der Waals surface area contributed by atoms with Crippen LogP contribution < -0.4 is 10.6 Å². The van der Waals surface area contributed by atoms with Crippen LogP contribution in [0, 0.1) is 0 Å².